The highest BCUT2D eigenvalue weighted by Gasteiger charge is 2.43. The monoisotopic (exact) mass is 891 g/mol. The third-order valence-corrected chi connectivity index (χ3v) is 16.2. The van der Waals surface area contributed by atoms with Crippen LogP contribution in [0.2, 0.25) is 0 Å². The van der Waals surface area contributed by atoms with Crippen LogP contribution in [-0.4, -0.2) is 5.97 Å². The van der Waals surface area contributed by atoms with Crippen molar-refractivity contribution in [1.82, 2.24) is 0 Å². The predicted molar refractivity (Wildman–Crippen MR) is 275 cm³/mol. The maximum Gasteiger partial charge on any atom is 0.343 e. The van der Waals surface area contributed by atoms with Crippen LogP contribution in [0.25, 0.3) is 28.0 Å². The van der Waals surface area contributed by atoms with Crippen molar-refractivity contribution in [2.75, 3.05) is 0 Å². The van der Waals surface area contributed by atoms with Crippen LogP contribution in [0.3, 0.4) is 0 Å². The van der Waals surface area contributed by atoms with Gasteiger partial charge in [-0.25, -0.2) is 4.79 Å². The number of unbranched alkanes of at least 4 members (excludes halogenated alkanes) is 2. The lowest BCUT2D eigenvalue weighted by atomic mass is 9.77. The molecule has 2 fully saturated rings. The minimum atomic E-state index is -0.816. The maximum atomic E-state index is 13.4. The topological polar surface area (TPSA) is 44.8 Å². The van der Waals surface area contributed by atoms with Crippen molar-refractivity contribution in [3.05, 3.63) is 171 Å². The number of hydrogen-bond donors (Lipinski definition) is 0. The highest BCUT2D eigenvalue weighted by atomic mass is 16.5. The van der Waals surface area contributed by atoms with Crippen molar-refractivity contribution < 1.29 is 19.0 Å². The Morgan fingerprint density at radius 2 is 1.34 bits per heavy atom. The van der Waals surface area contributed by atoms with Crippen LogP contribution in [0, 0.1) is 11.8 Å². The second-order valence-electron chi connectivity index (χ2n) is 20.9. The Hall–Kier alpha value is -5.45. The zero-order valence-electron chi connectivity index (χ0n) is 40.5. The van der Waals surface area contributed by atoms with Gasteiger partial charge in [0.2, 0.25) is 0 Å². The molecule has 0 bridgehead atoms. The zero-order valence-corrected chi connectivity index (χ0v) is 40.5. The van der Waals surface area contributed by atoms with Crippen molar-refractivity contribution in [1.29, 1.82) is 0 Å². The highest BCUT2D eigenvalue weighted by molar-refractivity contribution is 6.00. The number of rotatable bonds is 14. The van der Waals surface area contributed by atoms with E-state index in [0.29, 0.717) is 23.8 Å². The van der Waals surface area contributed by atoms with Crippen molar-refractivity contribution in [3.63, 3.8) is 0 Å². The molecule has 1 atom stereocenters. The van der Waals surface area contributed by atoms with Gasteiger partial charge in [0.15, 0.2) is 5.60 Å². The first-order chi connectivity index (χ1) is 32.7. The minimum absolute atomic E-state index is 0.346. The molecule has 10 rings (SSSR count). The molecule has 0 aromatic heterocycles. The minimum Gasteiger partial charge on any atom is -0.472 e. The lowest BCUT2D eigenvalue weighted by Crippen LogP contribution is -2.35. The van der Waals surface area contributed by atoms with Crippen LogP contribution in [0.4, 0.5) is 0 Å². The SMILES string of the molecule is CCCCCC1CCC(c2ccc(OC(=O)c3ccc(-c4ccc5c6c(c7c(c5c4)COC7(C)C)C=CC(c4ccc(CC)cc4)(c4ccc(CCC5CCCCC5)cc4)O6)cc3)cc2)CC1. The summed E-state index contributed by atoms with van der Waals surface area (Å²) in [6, 6.07) is 41.0. The van der Waals surface area contributed by atoms with Crippen molar-refractivity contribution in [3.8, 4) is 22.6 Å². The second-order valence-corrected chi connectivity index (χ2v) is 20.9. The number of aryl methyl sites for hydroxylation is 2. The Morgan fingerprint density at radius 3 is 2.03 bits per heavy atom. The quantitative estimate of drug-likeness (QED) is 0.0621. The first-order valence-electron chi connectivity index (χ1n) is 26.0. The molecular formula is C63H70O4. The summed E-state index contributed by atoms with van der Waals surface area (Å²) in [5, 5.41) is 2.20. The number of hydrogen-bond acceptors (Lipinski definition) is 4. The largest absolute Gasteiger partial charge is 0.472 e. The number of benzene rings is 6. The van der Waals surface area contributed by atoms with E-state index in [4.69, 9.17) is 14.2 Å². The Labute approximate surface area is 400 Å². The Balaban J connectivity index is 0.905. The molecule has 1 unspecified atom stereocenters. The first-order valence-corrected chi connectivity index (χ1v) is 26.0. The van der Waals surface area contributed by atoms with E-state index < -0.39 is 11.2 Å². The summed E-state index contributed by atoms with van der Waals surface area (Å²) in [6.45, 7) is 9.37. The number of ether oxygens (including phenoxy) is 3. The van der Waals surface area contributed by atoms with Crippen LogP contribution in [0.15, 0.2) is 121 Å². The second kappa shape index (κ2) is 19.6. The molecule has 2 heterocycles. The molecule has 4 aliphatic rings. The highest BCUT2D eigenvalue weighted by Crippen LogP contribution is 2.53. The molecule has 0 saturated heterocycles. The van der Waals surface area contributed by atoms with Crippen LogP contribution < -0.4 is 9.47 Å². The van der Waals surface area contributed by atoms with Gasteiger partial charge in [-0.2, -0.15) is 0 Å². The lowest BCUT2D eigenvalue weighted by molar-refractivity contribution is -0.00802. The molecule has 2 aliphatic heterocycles. The summed E-state index contributed by atoms with van der Waals surface area (Å²) in [5.74, 6) is 3.48. The van der Waals surface area contributed by atoms with Gasteiger partial charge in [0.25, 0.3) is 0 Å². The van der Waals surface area contributed by atoms with Gasteiger partial charge in [-0.3, -0.25) is 0 Å². The van der Waals surface area contributed by atoms with Gasteiger partial charge in [0, 0.05) is 27.6 Å². The lowest BCUT2D eigenvalue weighted by Gasteiger charge is -2.38. The summed E-state index contributed by atoms with van der Waals surface area (Å²) in [5.41, 5.74) is 11.1. The number of carbonyl (C=O) groups excluding carboxylic acids is 1. The van der Waals surface area contributed by atoms with Gasteiger partial charge in [-0.05, 0) is 152 Å². The third-order valence-electron chi connectivity index (χ3n) is 16.2. The van der Waals surface area contributed by atoms with Crippen molar-refractivity contribution in [2.45, 2.75) is 154 Å². The van der Waals surface area contributed by atoms with E-state index in [-0.39, 0.29) is 5.97 Å². The summed E-state index contributed by atoms with van der Waals surface area (Å²) in [7, 11) is 0. The zero-order chi connectivity index (χ0) is 46.0. The number of esters is 1. The summed E-state index contributed by atoms with van der Waals surface area (Å²) >= 11 is 0. The average Bonchev–Trinajstić information content (AvgIpc) is 3.71. The van der Waals surface area contributed by atoms with Gasteiger partial charge in [-0.15, -0.1) is 0 Å². The molecule has 2 aliphatic carbocycles. The van der Waals surface area contributed by atoms with E-state index in [2.05, 4.69) is 119 Å². The molecule has 2 saturated carbocycles. The smallest absolute Gasteiger partial charge is 0.343 e. The van der Waals surface area contributed by atoms with E-state index in [9.17, 15) is 4.79 Å². The van der Waals surface area contributed by atoms with Crippen molar-refractivity contribution >= 4 is 22.8 Å². The predicted octanol–water partition coefficient (Wildman–Crippen LogP) is 16.8. The average molecular weight is 891 g/mol. The van der Waals surface area contributed by atoms with Crippen LogP contribution in [-0.2, 0) is 35.4 Å². The van der Waals surface area contributed by atoms with Crippen LogP contribution >= 0.6 is 0 Å². The molecule has 4 heteroatoms. The molecule has 0 amide bonds. The molecule has 67 heavy (non-hydrogen) atoms. The number of fused-ring (bicyclic) bond motifs is 6. The molecule has 346 valence electrons. The van der Waals surface area contributed by atoms with E-state index >= 15 is 0 Å². The fraction of sp³-hybridized carbons (Fsp3) is 0.413. The van der Waals surface area contributed by atoms with E-state index in [1.54, 1.807) is 0 Å². The third kappa shape index (κ3) is 9.41. The van der Waals surface area contributed by atoms with E-state index in [0.717, 1.165) is 69.0 Å². The Bertz CT molecular complexity index is 2690. The van der Waals surface area contributed by atoms with Gasteiger partial charge >= 0.3 is 5.97 Å². The summed E-state index contributed by atoms with van der Waals surface area (Å²) in [4.78, 5) is 13.4. The molecule has 0 radical (unpaired) electrons. The Morgan fingerprint density at radius 1 is 0.672 bits per heavy atom. The van der Waals surface area contributed by atoms with Gasteiger partial charge < -0.3 is 14.2 Å². The standard InChI is InChI=1S/C63H70O4/c1-5-7-9-12-45-17-23-47(24-18-45)48-29-36-54(37-30-48)66-61(64)50-27-25-49(26-28-50)51-31-38-55-57(41-51)58-42-65-62(3,4)59(58)56-39-40-63(67-60(55)56,52-32-19-43(6-2)20-33-52)53-34-21-46(22-35-53)16-15-44-13-10-8-11-14-44/h19-22,25-41,44-45,47H,5-18,23-24,42H2,1-4H3. The van der Waals surface area contributed by atoms with Gasteiger partial charge in [0.05, 0.1) is 17.8 Å². The van der Waals surface area contributed by atoms with E-state index in [1.165, 1.54) is 118 Å². The summed E-state index contributed by atoms with van der Waals surface area (Å²) in [6.07, 6.45) is 25.5. The molecule has 0 spiro atoms. The van der Waals surface area contributed by atoms with Crippen molar-refractivity contribution in [2.24, 2.45) is 11.8 Å². The van der Waals surface area contributed by atoms with Gasteiger partial charge in [0.1, 0.15) is 11.5 Å². The fourth-order valence-corrected chi connectivity index (χ4v) is 12.0. The number of carbonyl (C=O) groups is 1. The van der Waals surface area contributed by atoms with E-state index in [1.807, 2.05) is 36.4 Å². The van der Waals surface area contributed by atoms with Crippen LogP contribution in [0.5, 0.6) is 11.5 Å². The van der Waals surface area contributed by atoms with Gasteiger partial charge in [-0.1, -0.05) is 163 Å². The van der Waals surface area contributed by atoms with Crippen LogP contribution in [0.1, 0.15) is 178 Å². The molecule has 4 nitrogen and oxygen atoms in total. The first kappa shape index (κ1) is 45.3. The fourth-order valence-electron chi connectivity index (χ4n) is 12.0. The molecular weight excluding hydrogens is 821 g/mol. The summed E-state index contributed by atoms with van der Waals surface area (Å²) < 4.78 is 20.1. The Kier molecular flexibility index (Phi) is 13.3. The maximum absolute atomic E-state index is 13.4. The molecule has 0 N–H and O–H groups in total. The normalized spacial score (nSPS) is 21.1. The molecule has 6 aromatic carbocycles. The molecule has 6 aromatic rings.